The molecule has 1 aliphatic rings. The normalized spacial score (nSPS) is 19.4. The minimum Gasteiger partial charge on any atom is -0.475 e. The van der Waals surface area contributed by atoms with Crippen LogP contribution in [0.3, 0.4) is 0 Å². The number of nitrogens with two attached hydrogens (primary N) is 1. The van der Waals surface area contributed by atoms with Gasteiger partial charge in [-0.3, -0.25) is 4.90 Å². The van der Waals surface area contributed by atoms with Gasteiger partial charge in [-0.15, -0.1) is 0 Å². The van der Waals surface area contributed by atoms with E-state index < -0.39 is 22.0 Å². The second kappa shape index (κ2) is 8.19. The monoisotopic (exact) mass is 403 g/mol. The highest BCUT2D eigenvalue weighted by atomic mass is 35.5. The van der Waals surface area contributed by atoms with Crippen molar-refractivity contribution in [1.82, 2.24) is 9.88 Å². The van der Waals surface area contributed by atoms with Crippen LogP contribution in [0.4, 0.5) is 19.0 Å². The number of carboxylic acid groups (broad SMARTS) is 1. The minimum absolute atomic E-state index is 0.0364. The van der Waals surface area contributed by atoms with Gasteiger partial charge < -0.3 is 10.8 Å². The van der Waals surface area contributed by atoms with Crippen molar-refractivity contribution in [2.75, 3.05) is 24.3 Å². The second-order valence-corrected chi connectivity index (χ2v) is 8.08. The van der Waals surface area contributed by atoms with Crippen LogP contribution in [0.5, 0.6) is 0 Å². The first-order chi connectivity index (χ1) is 11.3. The Morgan fingerprint density at radius 2 is 2.04 bits per heavy atom. The van der Waals surface area contributed by atoms with Crippen LogP contribution in [0.25, 0.3) is 0 Å². The molecule has 1 fully saturated rings. The third-order valence-corrected chi connectivity index (χ3v) is 5.51. The smallest absolute Gasteiger partial charge is 0.475 e. The molecule has 0 aromatic carbocycles. The number of rotatable bonds is 3. The molecule has 0 bridgehead atoms. The van der Waals surface area contributed by atoms with E-state index in [-0.39, 0.29) is 17.5 Å². The highest BCUT2D eigenvalue weighted by molar-refractivity contribution is 7.91. The molecule has 1 saturated heterocycles. The third kappa shape index (κ3) is 7.04. The molecule has 25 heavy (non-hydrogen) atoms. The lowest BCUT2D eigenvalue weighted by Gasteiger charge is -2.23. The second-order valence-electron chi connectivity index (χ2n) is 5.44. The van der Waals surface area contributed by atoms with Crippen molar-refractivity contribution >= 4 is 33.2 Å². The fourth-order valence-electron chi connectivity index (χ4n) is 2.10. The molecule has 0 radical (unpaired) electrons. The maximum Gasteiger partial charge on any atom is 0.490 e. The van der Waals surface area contributed by atoms with Crippen LogP contribution < -0.4 is 5.73 Å². The predicted octanol–water partition coefficient (Wildman–Crippen LogP) is 1.57. The first kappa shape index (κ1) is 21.5. The summed E-state index contributed by atoms with van der Waals surface area (Å²) >= 11 is 6.04. The summed E-state index contributed by atoms with van der Waals surface area (Å²) in [7, 11) is -0.989. The Kier molecular flexibility index (Phi) is 7.03. The number of anilines is 1. The number of alkyl halides is 3. The van der Waals surface area contributed by atoms with Crippen molar-refractivity contribution in [3.05, 3.63) is 22.8 Å². The minimum atomic E-state index is -5.08. The average Bonchev–Trinajstić information content (AvgIpc) is 2.83. The van der Waals surface area contributed by atoms with Gasteiger partial charge in [0.05, 0.1) is 22.2 Å². The van der Waals surface area contributed by atoms with Crippen molar-refractivity contribution in [2.24, 2.45) is 0 Å². The summed E-state index contributed by atoms with van der Waals surface area (Å²) in [6.45, 7) is 0.504. The molecule has 0 aliphatic carbocycles. The molecule has 1 aromatic rings. The van der Waals surface area contributed by atoms with Crippen LogP contribution in [-0.4, -0.2) is 60.1 Å². The van der Waals surface area contributed by atoms with E-state index in [9.17, 15) is 21.6 Å². The van der Waals surface area contributed by atoms with Crippen molar-refractivity contribution in [2.45, 2.75) is 25.2 Å². The van der Waals surface area contributed by atoms with E-state index in [0.717, 1.165) is 0 Å². The van der Waals surface area contributed by atoms with E-state index in [2.05, 4.69) is 4.98 Å². The molecule has 142 valence electrons. The molecule has 7 nitrogen and oxygen atoms in total. The number of nitrogen functional groups attached to an aromatic ring is 1. The summed E-state index contributed by atoms with van der Waals surface area (Å²) in [5.74, 6) is -1.86. The summed E-state index contributed by atoms with van der Waals surface area (Å²) in [6.07, 6.45) is -4.42. The lowest BCUT2D eigenvalue weighted by Crippen LogP contribution is -2.32. The van der Waals surface area contributed by atoms with Crippen molar-refractivity contribution in [3.63, 3.8) is 0 Å². The van der Waals surface area contributed by atoms with E-state index in [1.807, 2.05) is 11.9 Å². The van der Waals surface area contributed by atoms with Crippen LogP contribution in [-0.2, 0) is 21.2 Å². The Balaban J connectivity index is 0.000000381. The Bertz CT molecular complexity index is 728. The average molecular weight is 404 g/mol. The zero-order chi connectivity index (χ0) is 19.4. The lowest BCUT2D eigenvalue weighted by atomic mass is 10.2. The molecule has 1 aromatic heterocycles. The van der Waals surface area contributed by atoms with E-state index in [1.54, 1.807) is 12.1 Å². The summed E-state index contributed by atoms with van der Waals surface area (Å²) in [5.41, 5.74) is 6.30. The number of nitrogens with zero attached hydrogens (tertiary/aromatic N) is 2. The number of halogens is 4. The predicted molar refractivity (Wildman–Crippen MR) is 85.9 cm³/mol. The molecule has 3 N–H and O–H groups in total. The molecule has 0 saturated carbocycles. The van der Waals surface area contributed by atoms with Crippen molar-refractivity contribution in [1.29, 1.82) is 0 Å². The largest absolute Gasteiger partial charge is 0.490 e. The Morgan fingerprint density at radius 3 is 2.48 bits per heavy atom. The number of carbonyl (C=O) groups is 1. The molecule has 0 amide bonds. The first-order valence-electron chi connectivity index (χ1n) is 6.93. The van der Waals surface area contributed by atoms with Crippen LogP contribution in [0, 0.1) is 0 Å². The number of hydrogen-bond donors (Lipinski definition) is 2. The Morgan fingerprint density at radius 1 is 1.48 bits per heavy atom. The SMILES string of the molecule is CN(Cc1nc(N)ccc1Cl)C1CCS(=O)(=O)C1.O=C(O)C(F)(F)F. The van der Waals surface area contributed by atoms with Gasteiger partial charge >= 0.3 is 12.1 Å². The summed E-state index contributed by atoms with van der Waals surface area (Å²) < 4.78 is 54.6. The van der Waals surface area contributed by atoms with Gasteiger partial charge in [0.2, 0.25) is 0 Å². The van der Waals surface area contributed by atoms with Gasteiger partial charge in [-0.2, -0.15) is 13.2 Å². The fourth-order valence-corrected chi connectivity index (χ4v) is 4.07. The van der Waals surface area contributed by atoms with Crippen LogP contribution in [0.1, 0.15) is 12.1 Å². The van der Waals surface area contributed by atoms with Gasteiger partial charge in [-0.05, 0) is 25.6 Å². The molecule has 2 heterocycles. The number of aromatic nitrogens is 1. The van der Waals surface area contributed by atoms with Crippen LogP contribution in [0.2, 0.25) is 5.02 Å². The zero-order valence-electron chi connectivity index (χ0n) is 13.1. The molecule has 0 spiro atoms. The number of aliphatic carboxylic acids is 1. The van der Waals surface area contributed by atoms with Gasteiger partial charge in [0.1, 0.15) is 5.82 Å². The number of sulfone groups is 1. The van der Waals surface area contributed by atoms with Gasteiger partial charge in [0, 0.05) is 12.6 Å². The number of pyridine rings is 1. The standard InChI is InChI=1S/C11H16ClN3O2S.C2HF3O2/c1-15(8-4-5-18(16,17)7-8)6-10-9(12)2-3-11(13)14-10;3-2(4,5)1(6)7/h2-3,8H,4-7H2,1H3,(H2,13,14);(H,6,7). The molecular weight excluding hydrogens is 387 g/mol. The van der Waals surface area contributed by atoms with Crippen molar-refractivity contribution in [3.8, 4) is 0 Å². The van der Waals surface area contributed by atoms with E-state index in [0.29, 0.717) is 29.5 Å². The first-order valence-corrected chi connectivity index (χ1v) is 9.13. The highest BCUT2D eigenvalue weighted by Gasteiger charge is 2.38. The highest BCUT2D eigenvalue weighted by Crippen LogP contribution is 2.21. The third-order valence-electron chi connectivity index (χ3n) is 3.41. The topological polar surface area (TPSA) is 114 Å². The molecule has 2 rings (SSSR count). The Hall–Kier alpha value is -1.59. The van der Waals surface area contributed by atoms with Crippen LogP contribution in [0.15, 0.2) is 12.1 Å². The van der Waals surface area contributed by atoms with E-state index in [1.165, 1.54) is 0 Å². The maximum absolute atomic E-state index is 11.4. The lowest BCUT2D eigenvalue weighted by molar-refractivity contribution is -0.192. The van der Waals surface area contributed by atoms with Gasteiger partial charge in [0.25, 0.3) is 0 Å². The zero-order valence-corrected chi connectivity index (χ0v) is 14.7. The Labute approximate surface area is 147 Å². The quantitative estimate of drug-likeness (QED) is 0.787. The van der Waals surface area contributed by atoms with Crippen LogP contribution >= 0.6 is 11.6 Å². The van der Waals surface area contributed by atoms with Gasteiger partial charge in [0.15, 0.2) is 9.84 Å². The fraction of sp³-hybridized carbons (Fsp3) is 0.538. The van der Waals surface area contributed by atoms with E-state index >= 15 is 0 Å². The van der Waals surface area contributed by atoms with Crippen molar-refractivity contribution < 1.29 is 31.5 Å². The number of carboxylic acids is 1. The van der Waals surface area contributed by atoms with E-state index in [4.69, 9.17) is 27.2 Å². The summed E-state index contributed by atoms with van der Waals surface area (Å²) in [4.78, 5) is 15.0. The van der Waals surface area contributed by atoms with Gasteiger partial charge in [-0.1, -0.05) is 11.6 Å². The summed E-state index contributed by atoms with van der Waals surface area (Å²) in [6, 6.07) is 3.39. The summed E-state index contributed by atoms with van der Waals surface area (Å²) in [5, 5.41) is 7.68. The number of hydrogen-bond acceptors (Lipinski definition) is 6. The molecular formula is C13H17ClF3N3O4S. The maximum atomic E-state index is 11.4. The molecule has 1 unspecified atom stereocenters. The molecule has 1 aliphatic heterocycles. The molecule has 1 atom stereocenters. The van der Waals surface area contributed by atoms with Gasteiger partial charge in [-0.25, -0.2) is 18.2 Å². The molecule has 12 heteroatoms.